The van der Waals surface area contributed by atoms with Crippen molar-refractivity contribution in [3.8, 4) is 11.4 Å². The van der Waals surface area contributed by atoms with Gasteiger partial charge in [0.25, 0.3) is 0 Å². The molecule has 2 heterocycles. The van der Waals surface area contributed by atoms with Crippen molar-refractivity contribution in [1.82, 2.24) is 15.0 Å². The molecule has 1 fully saturated rings. The molecule has 0 saturated carbocycles. The first-order valence-corrected chi connectivity index (χ1v) is 14.2. The van der Waals surface area contributed by atoms with E-state index in [0.717, 1.165) is 53.0 Å². The Bertz CT molecular complexity index is 1340. The van der Waals surface area contributed by atoms with Crippen LogP contribution in [0.25, 0.3) is 11.4 Å². The minimum atomic E-state index is 0.00461. The second-order valence-corrected chi connectivity index (χ2v) is 11.3. The third kappa shape index (κ3) is 6.89. The molecule has 0 unspecified atom stereocenters. The molecule has 1 amide bonds. The summed E-state index contributed by atoms with van der Waals surface area (Å²) in [6.07, 6.45) is 1.62. The van der Waals surface area contributed by atoms with Gasteiger partial charge in [-0.15, -0.1) is 11.8 Å². The van der Waals surface area contributed by atoms with Gasteiger partial charge < -0.3 is 9.84 Å². The number of likely N-dealkylation sites (tertiary alicyclic amines) is 1. The highest BCUT2D eigenvalue weighted by molar-refractivity contribution is 9.10. The van der Waals surface area contributed by atoms with Crippen molar-refractivity contribution in [3.63, 3.8) is 0 Å². The molecule has 8 heteroatoms. The van der Waals surface area contributed by atoms with Gasteiger partial charge in [0.15, 0.2) is 0 Å². The fourth-order valence-electron chi connectivity index (χ4n) is 4.45. The van der Waals surface area contributed by atoms with Gasteiger partial charge in [0.2, 0.25) is 17.6 Å². The highest BCUT2D eigenvalue weighted by Crippen LogP contribution is 2.27. The Kier molecular flexibility index (Phi) is 8.38. The quantitative estimate of drug-likeness (QED) is 0.229. The van der Waals surface area contributed by atoms with Crippen molar-refractivity contribution in [2.45, 2.75) is 37.0 Å². The second kappa shape index (κ2) is 12.1. The molecule has 1 N–H and O–H groups in total. The van der Waals surface area contributed by atoms with Gasteiger partial charge in [-0.1, -0.05) is 51.4 Å². The Hall–Kier alpha value is -2.94. The molecule has 0 aliphatic carbocycles. The molecule has 5 rings (SSSR count). The number of amides is 1. The van der Waals surface area contributed by atoms with E-state index in [4.69, 9.17) is 4.52 Å². The van der Waals surface area contributed by atoms with E-state index in [1.165, 1.54) is 10.5 Å². The van der Waals surface area contributed by atoms with Crippen LogP contribution in [0.1, 0.15) is 29.9 Å². The number of anilines is 1. The van der Waals surface area contributed by atoms with Crippen LogP contribution in [0.15, 0.2) is 86.7 Å². The molecule has 0 bridgehead atoms. The number of nitrogens with one attached hydrogen (secondary N) is 1. The van der Waals surface area contributed by atoms with E-state index in [-0.39, 0.29) is 11.8 Å². The first-order valence-electron chi connectivity index (χ1n) is 12.4. The van der Waals surface area contributed by atoms with Crippen LogP contribution in [-0.2, 0) is 17.1 Å². The monoisotopic (exact) mass is 576 g/mol. The van der Waals surface area contributed by atoms with Gasteiger partial charge in [-0.25, -0.2) is 0 Å². The SMILES string of the molecule is Cc1cc(CSc2ccccc2)ccc1NC(=O)C1CCN(Cc2nc(-c3ccc(Br)cc3)no2)CC1. The van der Waals surface area contributed by atoms with Crippen LogP contribution in [0.5, 0.6) is 0 Å². The predicted molar refractivity (Wildman–Crippen MR) is 151 cm³/mol. The summed E-state index contributed by atoms with van der Waals surface area (Å²) >= 11 is 5.26. The number of piperidine rings is 1. The normalized spacial score (nSPS) is 14.5. The van der Waals surface area contributed by atoms with Crippen LogP contribution in [0.4, 0.5) is 5.69 Å². The lowest BCUT2D eigenvalue weighted by atomic mass is 9.95. The fourth-order valence-corrected chi connectivity index (χ4v) is 5.58. The highest BCUT2D eigenvalue weighted by atomic mass is 79.9. The fraction of sp³-hybridized carbons (Fsp3) is 0.276. The zero-order valence-electron chi connectivity index (χ0n) is 20.7. The van der Waals surface area contributed by atoms with Gasteiger partial charge >= 0.3 is 0 Å². The summed E-state index contributed by atoms with van der Waals surface area (Å²) in [7, 11) is 0. The van der Waals surface area contributed by atoms with Crippen molar-refractivity contribution in [2.75, 3.05) is 18.4 Å². The molecule has 1 aromatic heterocycles. The maximum atomic E-state index is 13.0. The number of thioether (sulfide) groups is 1. The third-order valence-corrected chi connectivity index (χ3v) is 8.20. The van der Waals surface area contributed by atoms with E-state index >= 15 is 0 Å². The minimum Gasteiger partial charge on any atom is -0.338 e. The molecule has 37 heavy (non-hydrogen) atoms. The maximum absolute atomic E-state index is 13.0. The van der Waals surface area contributed by atoms with Gasteiger partial charge in [-0.05, 0) is 86.4 Å². The molecule has 0 radical (unpaired) electrons. The largest absolute Gasteiger partial charge is 0.338 e. The van der Waals surface area contributed by atoms with Gasteiger partial charge in [-0.2, -0.15) is 4.98 Å². The Balaban J connectivity index is 1.09. The topological polar surface area (TPSA) is 71.3 Å². The van der Waals surface area contributed by atoms with Crippen LogP contribution in [-0.4, -0.2) is 34.0 Å². The summed E-state index contributed by atoms with van der Waals surface area (Å²) in [6, 6.07) is 24.5. The molecular weight excluding hydrogens is 548 g/mol. The van der Waals surface area contributed by atoms with E-state index in [1.54, 1.807) is 0 Å². The molecule has 6 nitrogen and oxygen atoms in total. The second-order valence-electron chi connectivity index (χ2n) is 9.31. The van der Waals surface area contributed by atoms with Gasteiger partial charge in [-0.3, -0.25) is 9.69 Å². The van der Waals surface area contributed by atoms with Crippen molar-refractivity contribution < 1.29 is 9.32 Å². The molecular formula is C29H29BrN4O2S. The number of nitrogens with zero attached hydrogens (tertiary/aromatic N) is 3. The smallest absolute Gasteiger partial charge is 0.241 e. The average molecular weight is 578 g/mol. The minimum absolute atomic E-state index is 0.00461. The number of hydrogen-bond acceptors (Lipinski definition) is 6. The number of carbonyl (C=O) groups is 1. The van der Waals surface area contributed by atoms with Crippen molar-refractivity contribution >= 4 is 39.3 Å². The number of carbonyl (C=O) groups excluding carboxylic acids is 1. The Morgan fingerprint density at radius 3 is 2.57 bits per heavy atom. The van der Waals surface area contributed by atoms with Crippen molar-refractivity contribution in [2.24, 2.45) is 5.92 Å². The highest BCUT2D eigenvalue weighted by Gasteiger charge is 2.26. The summed E-state index contributed by atoms with van der Waals surface area (Å²) in [5.74, 6) is 2.20. The standard InChI is InChI=1S/C29H29BrN4O2S/c1-20-17-21(19-37-25-5-3-2-4-6-25)7-12-26(20)31-29(35)23-13-15-34(16-14-23)18-27-32-28(33-36-27)22-8-10-24(30)11-9-22/h2-12,17,23H,13-16,18-19H2,1H3,(H,31,35). The average Bonchev–Trinajstić information content (AvgIpc) is 3.38. The van der Waals surface area contributed by atoms with Crippen LogP contribution >= 0.6 is 27.7 Å². The Morgan fingerprint density at radius 1 is 1.08 bits per heavy atom. The Morgan fingerprint density at radius 2 is 1.84 bits per heavy atom. The van der Waals surface area contributed by atoms with Crippen molar-refractivity contribution in [3.05, 3.63) is 94.3 Å². The summed E-state index contributed by atoms with van der Waals surface area (Å²) in [6.45, 7) is 4.30. The molecule has 1 aliphatic rings. The zero-order valence-corrected chi connectivity index (χ0v) is 23.1. The lowest BCUT2D eigenvalue weighted by Crippen LogP contribution is -2.37. The molecule has 0 spiro atoms. The first kappa shape index (κ1) is 25.7. The van der Waals surface area contributed by atoms with Crippen LogP contribution in [0, 0.1) is 12.8 Å². The lowest BCUT2D eigenvalue weighted by molar-refractivity contribution is -0.121. The van der Waals surface area contributed by atoms with E-state index in [9.17, 15) is 4.79 Å². The van der Waals surface area contributed by atoms with Crippen molar-refractivity contribution in [1.29, 1.82) is 0 Å². The zero-order chi connectivity index (χ0) is 25.6. The molecule has 3 aromatic carbocycles. The van der Waals surface area contributed by atoms with Crippen LogP contribution < -0.4 is 5.32 Å². The first-order chi connectivity index (χ1) is 18.0. The van der Waals surface area contributed by atoms with Gasteiger partial charge in [0.05, 0.1) is 6.54 Å². The van der Waals surface area contributed by atoms with E-state index in [0.29, 0.717) is 18.3 Å². The molecule has 190 valence electrons. The number of rotatable bonds is 8. The molecule has 0 atom stereocenters. The maximum Gasteiger partial charge on any atom is 0.241 e. The summed E-state index contributed by atoms with van der Waals surface area (Å²) < 4.78 is 6.49. The molecule has 1 saturated heterocycles. The molecule has 4 aromatic rings. The van der Waals surface area contributed by atoms with Gasteiger partial charge in [0, 0.05) is 32.3 Å². The lowest BCUT2D eigenvalue weighted by Gasteiger charge is -2.30. The number of benzene rings is 3. The molecule has 1 aliphatic heterocycles. The van der Waals surface area contributed by atoms with Crippen LogP contribution in [0.3, 0.4) is 0 Å². The summed E-state index contributed by atoms with van der Waals surface area (Å²) in [5.41, 5.74) is 4.16. The van der Waals surface area contributed by atoms with Crippen LogP contribution in [0.2, 0.25) is 0 Å². The Labute approximate surface area is 230 Å². The van der Waals surface area contributed by atoms with E-state index in [2.05, 4.69) is 79.6 Å². The summed E-state index contributed by atoms with van der Waals surface area (Å²) in [5, 5.41) is 7.28. The van der Waals surface area contributed by atoms with E-state index < -0.39 is 0 Å². The van der Waals surface area contributed by atoms with E-state index in [1.807, 2.05) is 48.2 Å². The van der Waals surface area contributed by atoms with Gasteiger partial charge in [0.1, 0.15) is 0 Å². The summed E-state index contributed by atoms with van der Waals surface area (Å²) in [4.78, 5) is 21.1. The third-order valence-electron chi connectivity index (χ3n) is 6.59. The number of halogens is 1. The number of hydrogen-bond donors (Lipinski definition) is 1. The predicted octanol–water partition coefficient (Wildman–Crippen LogP) is 6.95. The number of aryl methyl sites for hydroxylation is 1. The number of aromatic nitrogens is 2.